The van der Waals surface area contributed by atoms with Crippen LogP contribution < -0.4 is 4.74 Å². The highest BCUT2D eigenvalue weighted by atomic mass is 16.5. The molecule has 0 spiro atoms. The van der Waals surface area contributed by atoms with Crippen LogP contribution in [0.2, 0.25) is 0 Å². The summed E-state index contributed by atoms with van der Waals surface area (Å²) in [7, 11) is 5.54. The van der Waals surface area contributed by atoms with Crippen molar-refractivity contribution in [3.8, 4) is 5.75 Å². The van der Waals surface area contributed by atoms with Crippen molar-refractivity contribution in [2.75, 3.05) is 0 Å². The third kappa shape index (κ3) is 3.38. The van der Waals surface area contributed by atoms with Crippen LogP contribution in [-0.4, -0.2) is 13.0 Å². The Morgan fingerprint density at radius 1 is 0.833 bits per heavy atom. The first-order chi connectivity index (χ1) is 8.81. The zero-order chi connectivity index (χ0) is 12.8. The third-order valence-electron chi connectivity index (χ3n) is 2.77. The van der Waals surface area contributed by atoms with Gasteiger partial charge in [0, 0.05) is 0 Å². The molecule has 0 aliphatic carbocycles. The number of ether oxygens (including phenoxy) is 1. The smallest absolute Gasteiger partial charge is 0.119 e. The molecule has 90 valence electrons. The first kappa shape index (κ1) is 12.7. The van der Waals surface area contributed by atoms with E-state index in [1.807, 2.05) is 48.5 Å². The van der Waals surface area contributed by atoms with Crippen LogP contribution in [0.1, 0.15) is 16.7 Å². The van der Waals surface area contributed by atoms with Crippen molar-refractivity contribution in [3.63, 3.8) is 0 Å². The second-order valence-electron chi connectivity index (χ2n) is 4.11. The molecule has 0 saturated carbocycles. The molecule has 0 aliphatic rings. The number of rotatable bonds is 5. The monoisotopic (exact) mass is 238 g/mol. The molecule has 0 fully saturated rings. The average molecular weight is 238 g/mol. The van der Waals surface area contributed by atoms with Gasteiger partial charge in [0.2, 0.25) is 0 Å². The number of hydrogen-bond acceptors (Lipinski definition) is 2. The molecule has 2 aromatic rings. The Bertz CT molecular complexity index is 429. The Morgan fingerprint density at radius 2 is 1.39 bits per heavy atom. The average Bonchev–Trinajstić information content (AvgIpc) is 2.46. The molecule has 0 aromatic heterocycles. The van der Waals surface area contributed by atoms with Crippen molar-refractivity contribution in [2.24, 2.45) is 0 Å². The lowest BCUT2D eigenvalue weighted by molar-refractivity contribution is 0.280. The number of aliphatic hydroxyl groups excluding tert-OH is 1. The molecule has 2 aromatic carbocycles. The van der Waals surface area contributed by atoms with Gasteiger partial charge >= 0.3 is 0 Å². The Morgan fingerprint density at radius 3 is 1.94 bits per heavy atom. The topological polar surface area (TPSA) is 29.5 Å². The van der Waals surface area contributed by atoms with Crippen molar-refractivity contribution >= 4 is 7.85 Å². The molecular weight excluding hydrogens is 223 g/mol. The van der Waals surface area contributed by atoms with E-state index in [0.29, 0.717) is 12.9 Å². The zero-order valence-corrected chi connectivity index (χ0v) is 10.2. The normalized spacial score (nSPS) is 10.3. The van der Waals surface area contributed by atoms with Crippen LogP contribution in [-0.2, 0) is 19.5 Å². The summed E-state index contributed by atoms with van der Waals surface area (Å²) < 4.78 is 5.65. The molecule has 18 heavy (non-hydrogen) atoms. The predicted octanol–water partition coefficient (Wildman–Crippen LogP) is 2.43. The van der Waals surface area contributed by atoms with Gasteiger partial charge in [-0.05, 0) is 23.3 Å². The van der Waals surface area contributed by atoms with E-state index in [1.54, 1.807) is 0 Å². The maximum absolute atomic E-state index is 8.93. The van der Waals surface area contributed by atoms with E-state index < -0.39 is 0 Å². The van der Waals surface area contributed by atoms with Crippen molar-refractivity contribution in [2.45, 2.75) is 19.5 Å². The van der Waals surface area contributed by atoms with Gasteiger partial charge in [-0.1, -0.05) is 48.3 Å². The summed E-state index contributed by atoms with van der Waals surface area (Å²) in [4.78, 5) is 0. The lowest BCUT2D eigenvalue weighted by Crippen LogP contribution is -1.96. The van der Waals surface area contributed by atoms with E-state index in [0.717, 1.165) is 22.4 Å². The largest absolute Gasteiger partial charge is 0.489 e. The number of aliphatic hydroxyl groups is 1. The molecule has 0 unspecified atom stereocenters. The van der Waals surface area contributed by atoms with Gasteiger partial charge in [0.1, 0.15) is 12.4 Å². The van der Waals surface area contributed by atoms with Crippen LogP contribution in [0.4, 0.5) is 0 Å². The molecule has 2 radical (unpaired) electrons. The summed E-state index contributed by atoms with van der Waals surface area (Å²) in [5, 5.41) is 8.93. The van der Waals surface area contributed by atoms with E-state index in [4.69, 9.17) is 17.7 Å². The standard InChI is InChI=1S/C15H15BO2/c16-9-12-1-3-14(4-2-12)11-18-15-7-5-13(10-17)6-8-15/h1-8,17H,9-11H2. The second kappa shape index (κ2) is 6.27. The van der Waals surface area contributed by atoms with Crippen molar-refractivity contribution in [1.82, 2.24) is 0 Å². The van der Waals surface area contributed by atoms with Gasteiger partial charge in [0.25, 0.3) is 0 Å². The zero-order valence-electron chi connectivity index (χ0n) is 10.2. The molecule has 0 heterocycles. The molecule has 0 bridgehead atoms. The first-order valence-electron chi connectivity index (χ1n) is 5.92. The van der Waals surface area contributed by atoms with Crippen molar-refractivity contribution in [3.05, 3.63) is 65.2 Å². The van der Waals surface area contributed by atoms with E-state index in [2.05, 4.69) is 0 Å². The second-order valence-corrected chi connectivity index (χ2v) is 4.11. The minimum atomic E-state index is 0.0564. The van der Waals surface area contributed by atoms with Crippen LogP contribution in [0, 0.1) is 0 Å². The molecule has 0 aliphatic heterocycles. The summed E-state index contributed by atoms with van der Waals surface area (Å²) in [5.74, 6) is 0.801. The van der Waals surface area contributed by atoms with Crippen LogP contribution >= 0.6 is 0 Å². The van der Waals surface area contributed by atoms with Gasteiger partial charge < -0.3 is 9.84 Å². The summed E-state index contributed by atoms with van der Waals surface area (Å²) >= 11 is 0. The predicted molar refractivity (Wildman–Crippen MR) is 72.6 cm³/mol. The van der Waals surface area contributed by atoms with Crippen molar-refractivity contribution < 1.29 is 9.84 Å². The SMILES string of the molecule is [B]Cc1ccc(COc2ccc(CO)cc2)cc1. The highest BCUT2D eigenvalue weighted by Crippen LogP contribution is 2.14. The number of hydrogen-bond donors (Lipinski definition) is 1. The molecule has 0 amide bonds. The van der Waals surface area contributed by atoms with Crippen LogP contribution in [0.25, 0.3) is 0 Å². The summed E-state index contributed by atoms with van der Waals surface area (Å²) in [6, 6.07) is 15.5. The Kier molecular flexibility index (Phi) is 4.43. The Hall–Kier alpha value is -1.74. The van der Waals surface area contributed by atoms with Gasteiger partial charge in [-0.3, -0.25) is 0 Å². The summed E-state index contributed by atoms with van der Waals surface area (Å²) in [6.45, 7) is 0.587. The van der Waals surface area contributed by atoms with Gasteiger partial charge in [-0.15, -0.1) is 0 Å². The van der Waals surface area contributed by atoms with Gasteiger partial charge in [-0.2, -0.15) is 0 Å². The highest BCUT2D eigenvalue weighted by Gasteiger charge is 1.97. The minimum absolute atomic E-state index is 0.0564. The molecule has 0 saturated heterocycles. The fourth-order valence-corrected chi connectivity index (χ4v) is 1.63. The summed E-state index contributed by atoms with van der Waals surface area (Å²) in [5.41, 5.74) is 3.11. The molecule has 2 nitrogen and oxygen atoms in total. The van der Waals surface area contributed by atoms with Gasteiger partial charge in [0.15, 0.2) is 0 Å². The van der Waals surface area contributed by atoms with Crippen LogP contribution in [0.3, 0.4) is 0 Å². The minimum Gasteiger partial charge on any atom is -0.489 e. The van der Waals surface area contributed by atoms with E-state index in [1.165, 1.54) is 0 Å². The Balaban J connectivity index is 1.93. The first-order valence-corrected chi connectivity index (χ1v) is 5.92. The van der Waals surface area contributed by atoms with Gasteiger partial charge in [0.05, 0.1) is 14.5 Å². The molecular formula is C15H15BO2. The van der Waals surface area contributed by atoms with Crippen molar-refractivity contribution in [1.29, 1.82) is 0 Å². The lowest BCUT2D eigenvalue weighted by Gasteiger charge is -2.07. The van der Waals surface area contributed by atoms with E-state index in [9.17, 15) is 0 Å². The molecule has 0 atom stereocenters. The van der Waals surface area contributed by atoms with Crippen LogP contribution in [0.5, 0.6) is 5.75 Å². The summed E-state index contributed by atoms with van der Waals surface area (Å²) in [6.07, 6.45) is 0.559. The van der Waals surface area contributed by atoms with Crippen LogP contribution in [0.15, 0.2) is 48.5 Å². The van der Waals surface area contributed by atoms with E-state index in [-0.39, 0.29) is 6.61 Å². The fraction of sp³-hybridized carbons (Fsp3) is 0.200. The third-order valence-corrected chi connectivity index (χ3v) is 2.77. The maximum Gasteiger partial charge on any atom is 0.119 e. The highest BCUT2D eigenvalue weighted by molar-refractivity contribution is 6.08. The number of benzene rings is 2. The maximum atomic E-state index is 8.93. The fourth-order valence-electron chi connectivity index (χ4n) is 1.63. The molecule has 3 heteroatoms. The Labute approximate surface area is 109 Å². The molecule has 2 rings (SSSR count). The molecule has 1 N–H and O–H groups in total. The quantitative estimate of drug-likeness (QED) is 0.810. The lowest BCUT2D eigenvalue weighted by atomic mass is 9.96. The van der Waals surface area contributed by atoms with E-state index >= 15 is 0 Å². The van der Waals surface area contributed by atoms with Gasteiger partial charge in [-0.25, -0.2) is 0 Å².